The van der Waals surface area contributed by atoms with Gasteiger partial charge in [0.25, 0.3) is 0 Å². The summed E-state index contributed by atoms with van der Waals surface area (Å²) in [5.74, 6) is 1.82. The Morgan fingerprint density at radius 1 is 1.29 bits per heavy atom. The summed E-state index contributed by atoms with van der Waals surface area (Å²) in [4.78, 5) is 13.1. The first-order chi connectivity index (χ1) is 9.82. The summed E-state index contributed by atoms with van der Waals surface area (Å²) in [5, 5.41) is 12.6. The largest absolute Gasteiger partial charge is 0.396 e. The van der Waals surface area contributed by atoms with Crippen molar-refractivity contribution in [2.45, 2.75) is 77.7 Å². The predicted molar refractivity (Wildman–Crippen MR) is 83.8 cm³/mol. The van der Waals surface area contributed by atoms with Gasteiger partial charge in [0, 0.05) is 12.1 Å². The summed E-state index contributed by atoms with van der Waals surface area (Å²) in [6, 6.07) is 0. The number of hydrogen-bond donors (Lipinski definition) is 2. The first-order valence-electron chi connectivity index (χ1n) is 8.76. The molecule has 4 aliphatic rings. The van der Waals surface area contributed by atoms with Crippen molar-refractivity contribution in [2.75, 3.05) is 6.61 Å². The monoisotopic (exact) mass is 293 g/mol. The predicted octanol–water partition coefficient (Wildman–Crippen LogP) is 3.26. The quantitative estimate of drug-likeness (QED) is 0.817. The minimum atomic E-state index is -0.254. The van der Waals surface area contributed by atoms with Crippen LogP contribution in [0.2, 0.25) is 0 Å². The van der Waals surface area contributed by atoms with Crippen LogP contribution in [0.25, 0.3) is 0 Å². The topological polar surface area (TPSA) is 49.3 Å². The SMILES string of the molecule is CCC(C)(CCO)NC(=O)C12CC3CC(CC(C)(C3)C1)C2. The summed E-state index contributed by atoms with van der Waals surface area (Å²) in [5.41, 5.74) is 0.0435. The van der Waals surface area contributed by atoms with Crippen molar-refractivity contribution in [1.82, 2.24) is 5.32 Å². The van der Waals surface area contributed by atoms with Crippen LogP contribution < -0.4 is 5.32 Å². The van der Waals surface area contributed by atoms with E-state index in [4.69, 9.17) is 0 Å². The second kappa shape index (κ2) is 4.97. The fourth-order valence-electron chi connectivity index (χ4n) is 5.97. The first-order valence-corrected chi connectivity index (χ1v) is 8.76. The molecule has 3 heteroatoms. The molecule has 4 rings (SSSR count). The third kappa shape index (κ3) is 2.62. The normalized spacial score (nSPS) is 43.6. The van der Waals surface area contributed by atoms with Crippen LogP contribution in [0.1, 0.15) is 72.1 Å². The molecule has 3 unspecified atom stereocenters. The molecular formula is C18H31NO2. The summed E-state index contributed by atoms with van der Waals surface area (Å²) in [7, 11) is 0. The van der Waals surface area contributed by atoms with E-state index in [1.54, 1.807) is 0 Å². The van der Waals surface area contributed by atoms with Gasteiger partial charge in [0.05, 0.1) is 5.41 Å². The number of amides is 1. The van der Waals surface area contributed by atoms with Gasteiger partial charge in [-0.3, -0.25) is 4.79 Å². The van der Waals surface area contributed by atoms with E-state index in [2.05, 4.69) is 26.1 Å². The fourth-order valence-corrected chi connectivity index (χ4v) is 5.97. The highest BCUT2D eigenvalue weighted by Crippen LogP contribution is 2.65. The van der Waals surface area contributed by atoms with Crippen molar-refractivity contribution >= 4 is 5.91 Å². The van der Waals surface area contributed by atoms with Crippen molar-refractivity contribution in [3.8, 4) is 0 Å². The van der Waals surface area contributed by atoms with Gasteiger partial charge in [-0.2, -0.15) is 0 Å². The fraction of sp³-hybridized carbons (Fsp3) is 0.944. The van der Waals surface area contributed by atoms with E-state index in [0.717, 1.165) is 37.5 Å². The van der Waals surface area contributed by atoms with Gasteiger partial charge in [-0.1, -0.05) is 13.8 Å². The van der Waals surface area contributed by atoms with E-state index < -0.39 is 0 Å². The number of carbonyl (C=O) groups excluding carboxylic acids is 1. The van der Waals surface area contributed by atoms with Gasteiger partial charge in [-0.15, -0.1) is 0 Å². The number of nitrogens with one attached hydrogen (secondary N) is 1. The van der Waals surface area contributed by atoms with Crippen LogP contribution in [0.3, 0.4) is 0 Å². The van der Waals surface area contributed by atoms with Crippen LogP contribution in [0, 0.1) is 22.7 Å². The van der Waals surface area contributed by atoms with Crippen LogP contribution in [-0.2, 0) is 4.79 Å². The van der Waals surface area contributed by atoms with E-state index in [1.807, 2.05) is 0 Å². The number of carbonyl (C=O) groups is 1. The Morgan fingerprint density at radius 2 is 1.90 bits per heavy atom. The highest BCUT2D eigenvalue weighted by Gasteiger charge is 2.59. The Balaban J connectivity index is 1.78. The maximum absolute atomic E-state index is 13.1. The molecule has 4 saturated carbocycles. The van der Waals surface area contributed by atoms with Crippen molar-refractivity contribution in [2.24, 2.45) is 22.7 Å². The van der Waals surface area contributed by atoms with Crippen LogP contribution in [-0.4, -0.2) is 23.2 Å². The Hall–Kier alpha value is -0.570. The van der Waals surface area contributed by atoms with Crippen molar-refractivity contribution < 1.29 is 9.90 Å². The Bertz CT molecular complexity index is 419. The van der Waals surface area contributed by atoms with Gasteiger partial charge in [0.2, 0.25) is 5.91 Å². The van der Waals surface area contributed by atoms with Gasteiger partial charge in [-0.05, 0) is 75.5 Å². The Morgan fingerprint density at radius 3 is 2.38 bits per heavy atom. The Labute approximate surface area is 128 Å². The second-order valence-corrected chi connectivity index (χ2v) is 8.89. The lowest BCUT2D eigenvalue weighted by molar-refractivity contribution is -0.157. The Kier molecular flexibility index (Phi) is 3.63. The smallest absolute Gasteiger partial charge is 0.226 e. The number of rotatable bonds is 5. The molecule has 3 atom stereocenters. The molecule has 0 aliphatic heterocycles. The summed E-state index contributed by atoms with van der Waals surface area (Å²) in [6.45, 7) is 6.71. The van der Waals surface area contributed by atoms with E-state index in [9.17, 15) is 9.90 Å². The first kappa shape index (κ1) is 15.3. The zero-order chi connectivity index (χ0) is 15.3. The second-order valence-electron chi connectivity index (χ2n) is 8.89. The van der Waals surface area contributed by atoms with Crippen LogP contribution >= 0.6 is 0 Å². The summed E-state index contributed by atoms with van der Waals surface area (Å²) < 4.78 is 0. The lowest BCUT2D eigenvalue weighted by Crippen LogP contribution is -2.60. The molecule has 3 nitrogen and oxygen atoms in total. The third-order valence-corrected chi connectivity index (χ3v) is 6.69. The molecule has 0 saturated heterocycles. The number of aliphatic hydroxyl groups excluding tert-OH is 1. The zero-order valence-electron chi connectivity index (χ0n) is 13.9. The van der Waals surface area contributed by atoms with Gasteiger partial charge in [0.15, 0.2) is 0 Å². The molecule has 4 fully saturated rings. The molecule has 1 amide bonds. The highest BCUT2D eigenvalue weighted by atomic mass is 16.3. The van der Waals surface area contributed by atoms with Crippen molar-refractivity contribution in [1.29, 1.82) is 0 Å². The molecule has 0 heterocycles. The lowest BCUT2D eigenvalue weighted by Gasteiger charge is -2.60. The molecule has 4 aliphatic carbocycles. The molecule has 120 valence electrons. The molecule has 4 bridgehead atoms. The van der Waals surface area contributed by atoms with Crippen molar-refractivity contribution in [3.05, 3.63) is 0 Å². The number of hydrogen-bond acceptors (Lipinski definition) is 2. The van der Waals surface area contributed by atoms with E-state index in [0.29, 0.717) is 11.8 Å². The molecule has 0 aromatic heterocycles. The van der Waals surface area contributed by atoms with Crippen molar-refractivity contribution in [3.63, 3.8) is 0 Å². The van der Waals surface area contributed by atoms with E-state index in [1.165, 1.54) is 19.3 Å². The van der Waals surface area contributed by atoms with Gasteiger partial charge in [0.1, 0.15) is 0 Å². The molecule has 0 radical (unpaired) electrons. The van der Waals surface area contributed by atoms with Crippen LogP contribution in [0.4, 0.5) is 0 Å². The average Bonchev–Trinajstić information content (AvgIpc) is 2.36. The van der Waals surface area contributed by atoms with Gasteiger partial charge in [-0.25, -0.2) is 0 Å². The van der Waals surface area contributed by atoms with Gasteiger partial charge >= 0.3 is 0 Å². The van der Waals surface area contributed by atoms with E-state index >= 15 is 0 Å². The highest BCUT2D eigenvalue weighted by molar-refractivity contribution is 5.84. The molecule has 0 spiro atoms. The maximum Gasteiger partial charge on any atom is 0.226 e. The van der Waals surface area contributed by atoms with Gasteiger partial charge < -0.3 is 10.4 Å². The molecule has 0 aromatic rings. The molecule has 21 heavy (non-hydrogen) atoms. The average molecular weight is 293 g/mol. The van der Waals surface area contributed by atoms with Crippen LogP contribution in [0.15, 0.2) is 0 Å². The van der Waals surface area contributed by atoms with E-state index in [-0.39, 0.29) is 23.5 Å². The molecular weight excluding hydrogens is 262 g/mol. The van der Waals surface area contributed by atoms with Crippen LogP contribution in [0.5, 0.6) is 0 Å². The standard InChI is InChI=1S/C18H31NO2/c1-4-17(3,5-6-20)19-15(21)18-10-13-7-14(11-18)9-16(2,8-13)12-18/h13-14,20H,4-12H2,1-3H3,(H,19,21). The third-order valence-electron chi connectivity index (χ3n) is 6.69. The molecule has 0 aromatic carbocycles. The minimum absolute atomic E-state index is 0.106. The molecule has 2 N–H and O–H groups in total. The number of aliphatic hydroxyl groups is 1. The zero-order valence-corrected chi connectivity index (χ0v) is 13.9. The minimum Gasteiger partial charge on any atom is -0.396 e. The summed E-state index contributed by atoms with van der Waals surface area (Å²) >= 11 is 0. The lowest BCUT2D eigenvalue weighted by atomic mass is 9.44. The summed E-state index contributed by atoms with van der Waals surface area (Å²) in [6.07, 6.45) is 8.83. The maximum atomic E-state index is 13.1.